The van der Waals surface area contributed by atoms with Crippen molar-refractivity contribution in [3.8, 4) is 0 Å². The van der Waals surface area contributed by atoms with Crippen LogP contribution < -0.4 is 10.6 Å². The molecule has 1 amide bonds. The second-order valence-electron chi connectivity index (χ2n) is 5.34. The van der Waals surface area contributed by atoms with Crippen LogP contribution in [0.25, 0.3) is 0 Å². The van der Waals surface area contributed by atoms with Gasteiger partial charge in [-0.25, -0.2) is 0 Å². The van der Waals surface area contributed by atoms with Gasteiger partial charge in [-0.3, -0.25) is 4.79 Å². The highest BCUT2D eigenvalue weighted by Crippen LogP contribution is 2.00. The number of nitrogens with one attached hydrogen (secondary N) is 2. The Labute approximate surface area is 103 Å². The fraction of sp³-hybridized carbons (Fsp3) is 0.615. The first-order valence-corrected chi connectivity index (χ1v) is 6.00. The van der Waals surface area contributed by atoms with E-state index in [9.17, 15) is 4.79 Å². The molecule has 0 spiro atoms. The lowest BCUT2D eigenvalue weighted by Crippen LogP contribution is -2.41. The van der Waals surface area contributed by atoms with Crippen molar-refractivity contribution >= 4 is 5.91 Å². The molecule has 1 rings (SSSR count). The highest BCUT2D eigenvalue weighted by atomic mass is 16.1. The molecular formula is C13H23N3O. The highest BCUT2D eigenvalue weighted by molar-refractivity contribution is 5.76. The maximum atomic E-state index is 11.5. The third-order valence-corrected chi connectivity index (χ3v) is 2.40. The molecule has 96 valence electrons. The maximum absolute atomic E-state index is 11.5. The smallest absolute Gasteiger partial charge is 0.221 e. The van der Waals surface area contributed by atoms with Crippen molar-refractivity contribution in [3.63, 3.8) is 0 Å². The molecule has 0 aromatic carbocycles. The Morgan fingerprint density at radius 3 is 2.65 bits per heavy atom. The molecule has 0 fully saturated rings. The number of rotatable bonds is 5. The van der Waals surface area contributed by atoms with Crippen molar-refractivity contribution in [2.45, 2.75) is 39.3 Å². The average Bonchev–Trinajstić information content (AvgIpc) is 2.56. The van der Waals surface area contributed by atoms with Gasteiger partial charge in [-0.05, 0) is 32.9 Å². The summed E-state index contributed by atoms with van der Waals surface area (Å²) in [6.07, 6.45) is 2.53. The van der Waals surface area contributed by atoms with Crippen LogP contribution in [-0.2, 0) is 18.4 Å². The van der Waals surface area contributed by atoms with E-state index in [1.807, 2.05) is 40.1 Å². The quantitative estimate of drug-likeness (QED) is 0.761. The van der Waals surface area contributed by atoms with Crippen LogP contribution in [0, 0.1) is 0 Å². The number of amides is 1. The Morgan fingerprint density at radius 1 is 1.41 bits per heavy atom. The van der Waals surface area contributed by atoms with Crippen LogP contribution in [0.15, 0.2) is 18.3 Å². The lowest BCUT2D eigenvalue weighted by molar-refractivity contribution is -0.122. The van der Waals surface area contributed by atoms with Gasteiger partial charge in [0.15, 0.2) is 0 Å². The van der Waals surface area contributed by atoms with Crippen LogP contribution in [0.1, 0.15) is 32.9 Å². The molecule has 0 bridgehead atoms. The fourth-order valence-corrected chi connectivity index (χ4v) is 1.58. The van der Waals surface area contributed by atoms with Crippen LogP contribution in [-0.4, -0.2) is 22.6 Å². The number of carbonyl (C=O) groups excluding carboxylic acids is 1. The minimum Gasteiger partial charge on any atom is -0.353 e. The second kappa shape index (κ2) is 5.87. The van der Waals surface area contributed by atoms with Gasteiger partial charge in [-0.2, -0.15) is 0 Å². The summed E-state index contributed by atoms with van der Waals surface area (Å²) in [4.78, 5) is 11.5. The monoisotopic (exact) mass is 237 g/mol. The summed E-state index contributed by atoms with van der Waals surface area (Å²) in [7, 11) is 2.02. The van der Waals surface area contributed by atoms with E-state index >= 15 is 0 Å². The zero-order chi connectivity index (χ0) is 12.9. The van der Waals surface area contributed by atoms with Gasteiger partial charge in [0.1, 0.15) is 0 Å². The first-order chi connectivity index (χ1) is 7.88. The summed E-state index contributed by atoms with van der Waals surface area (Å²) >= 11 is 0. The van der Waals surface area contributed by atoms with E-state index < -0.39 is 0 Å². The van der Waals surface area contributed by atoms with E-state index in [1.165, 1.54) is 5.69 Å². The molecule has 4 heteroatoms. The number of aryl methyl sites for hydroxylation is 1. The molecule has 0 aliphatic heterocycles. The third-order valence-electron chi connectivity index (χ3n) is 2.40. The Kier molecular flexibility index (Phi) is 4.75. The minimum absolute atomic E-state index is 0.0943. The molecule has 1 heterocycles. The fourth-order valence-electron chi connectivity index (χ4n) is 1.58. The van der Waals surface area contributed by atoms with Crippen LogP contribution in [0.3, 0.4) is 0 Å². The Balaban J connectivity index is 2.17. The van der Waals surface area contributed by atoms with Crippen molar-refractivity contribution < 1.29 is 4.79 Å². The number of hydrogen-bond acceptors (Lipinski definition) is 2. The van der Waals surface area contributed by atoms with Gasteiger partial charge >= 0.3 is 0 Å². The van der Waals surface area contributed by atoms with Gasteiger partial charge in [-0.15, -0.1) is 0 Å². The van der Waals surface area contributed by atoms with Crippen LogP contribution in [0.5, 0.6) is 0 Å². The van der Waals surface area contributed by atoms with Gasteiger partial charge in [0.05, 0.1) is 0 Å². The molecule has 0 radical (unpaired) electrons. The van der Waals surface area contributed by atoms with Gasteiger partial charge in [-0.1, -0.05) is 0 Å². The summed E-state index contributed by atoms with van der Waals surface area (Å²) < 4.78 is 2.07. The lowest BCUT2D eigenvalue weighted by Gasteiger charge is -2.20. The van der Waals surface area contributed by atoms with Crippen molar-refractivity contribution in [2.24, 2.45) is 7.05 Å². The van der Waals surface area contributed by atoms with Crippen LogP contribution in [0.4, 0.5) is 0 Å². The summed E-state index contributed by atoms with van der Waals surface area (Å²) in [5.41, 5.74) is 1.08. The summed E-state index contributed by atoms with van der Waals surface area (Å²) in [6.45, 7) is 7.46. The van der Waals surface area contributed by atoms with Gasteiger partial charge in [0.2, 0.25) is 5.91 Å². The third kappa shape index (κ3) is 5.54. The average molecular weight is 237 g/mol. The molecule has 0 unspecified atom stereocenters. The predicted molar refractivity (Wildman–Crippen MR) is 69.6 cm³/mol. The minimum atomic E-state index is -0.144. The predicted octanol–water partition coefficient (Wildman–Crippen LogP) is 1.42. The van der Waals surface area contributed by atoms with Gasteiger partial charge in [0.25, 0.3) is 0 Å². The summed E-state index contributed by atoms with van der Waals surface area (Å²) in [5.74, 6) is 0.0943. The SMILES string of the molecule is Cn1cccc1CNCCC(=O)NC(C)(C)C. The molecule has 1 aromatic rings. The molecule has 0 atom stereocenters. The van der Waals surface area contributed by atoms with Crippen molar-refractivity contribution in [2.75, 3.05) is 6.54 Å². The van der Waals surface area contributed by atoms with E-state index in [2.05, 4.69) is 21.3 Å². The number of carbonyl (C=O) groups is 1. The van der Waals surface area contributed by atoms with Gasteiger partial charge in [0, 0.05) is 44.0 Å². The molecule has 17 heavy (non-hydrogen) atoms. The second-order valence-corrected chi connectivity index (χ2v) is 5.34. The van der Waals surface area contributed by atoms with Crippen molar-refractivity contribution in [1.29, 1.82) is 0 Å². The molecule has 4 nitrogen and oxygen atoms in total. The Bertz CT molecular complexity index is 363. The molecule has 0 saturated carbocycles. The Hall–Kier alpha value is -1.29. The molecule has 2 N–H and O–H groups in total. The summed E-state index contributed by atoms with van der Waals surface area (Å²) in [5, 5.41) is 6.20. The van der Waals surface area contributed by atoms with E-state index in [0.29, 0.717) is 13.0 Å². The zero-order valence-corrected chi connectivity index (χ0v) is 11.2. The first kappa shape index (κ1) is 13.8. The summed E-state index contributed by atoms with van der Waals surface area (Å²) in [6, 6.07) is 4.09. The molecule has 0 aliphatic carbocycles. The molecular weight excluding hydrogens is 214 g/mol. The highest BCUT2D eigenvalue weighted by Gasteiger charge is 2.12. The molecule has 0 aliphatic rings. The van der Waals surface area contributed by atoms with Gasteiger partial charge < -0.3 is 15.2 Å². The normalized spacial score (nSPS) is 11.5. The van der Waals surface area contributed by atoms with E-state index in [0.717, 1.165) is 6.54 Å². The number of nitrogens with zero attached hydrogens (tertiary/aromatic N) is 1. The van der Waals surface area contributed by atoms with Crippen LogP contribution in [0.2, 0.25) is 0 Å². The van der Waals surface area contributed by atoms with E-state index in [-0.39, 0.29) is 11.4 Å². The largest absolute Gasteiger partial charge is 0.353 e. The number of hydrogen-bond donors (Lipinski definition) is 2. The molecule has 1 aromatic heterocycles. The van der Waals surface area contributed by atoms with E-state index in [4.69, 9.17) is 0 Å². The molecule has 0 saturated heterocycles. The lowest BCUT2D eigenvalue weighted by atomic mass is 10.1. The van der Waals surface area contributed by atoms with Crippen molar-refractivity contribution in [3.05, 3.63) is 24.0 Å². The van der Waals surface area contributed by atoms with Crippen molar-refractivity contribution in [1.82, 2.24) is 15.2 Å². The standard InChI is InChI=1S/C13H23N3O/c1-13(2,3)15-12(17)7-8-14-10-11-6-5-9-16(11)4/h5-6,9,14H,7-8,10H2,1-4H3,(H,15,17). The zero-order valence-electron chi connectivity index (χ0n) is 11.2. The van der Waals surface area contributed by atoms with E-state index in [1.54, 1.807) is 0 Å². The maximum Gasteiger partial charge on any atom is 0.221 e. The first-order valence-electron chi connectivity index (χ1n) is 6.00. The topological polar surface area (TPSA) is 46.1 Å². The Morgan fingerprint density at radius 2 is 2.12 bits per heavy atom. The van der Waals surface area contributed by atoms with Crippen LogP contribution >= 0.6 is 0 Å². The number of aromatic nitrogens is 1.